The summed E-state index contributed by atoms with van der Waals surface area (Å²) >= 11 is 0. The number of nitrogens with one attached hydrogen (secondary N) is 1. The molecule has 0 unspecified atom stereocenters. The van der Waals surface area contributed by atoms with Gasteiger partial charge in [-0.15, -0.1) is 0 Å². The van der Waals surface area contributed by atoms with Gasteiger partial charge in [-0.2, -0.15) is 0 Å². The minimum absolute atomic E-state index is 0.0634. The Balaban J connectivity index is 1.73. The van der Waals surface area contributed by atoms with Crippen molar-refractivity contribution in [3.05, 3.63) is 29.8 Å². The Labute approximate surface area is 151 Å². The van der Waals surface area contributed by atoms with E-state index in [1.165, 1.54) is 32.4 Å². The third-order valence-corrected chi connectivity index (χ3v) is 4.31. The van der Waals surface area contributed by atoms with Gasteiger partial charge in [-0.1, -0.05) is 12.5 Å². The van der Waals surface area contributed by atoms with Gasteiger partial charge in [0.25, 0.3) is 0 Å². The van der Waals surface area contributed by atoms with E-state index in [-0.39, 0.29) is 5.91 Å². The first-order valence-corrected chi connectivity index (χ1v) is 9.22. The number of carbonyl (C=O) groups excluding carboxylic acids is 1. The van der Waals surface area contributed by atoms with Crippen LogP contribution < -0.4 is 14.8 Å². The van der Waals surface area contributed by atoms with Crippen LogP contribution in [0.15, 0.2) is 24.3 Å². The van der Waals surface area contributed by atoms with E-state index in [0.29, 0.717) is 24.7 Å². The number of hydrogen-bond donors (Lipinski definition) is 1. The molecule has 25 heavy (non-hydrogen) atoms. The topological polar surface area (TPSA) is 50.8 Å². The molecule has 1 aromatic rings. The first kappa shape index (κ1) is 19.3. The molecule has 0 radical (unpaired) electrons. The van der Waals surface area contributed by atoms with Gasteiger partial charge in [0.15, 0.2) is 11.5 Å². The molecular weight excluding hydrogens is 316 g/mol. The van der Waals surface area contributed by atoms with Crippen molar-refractivity contribution in [2.45, 2.75) is 32.6 Å². The first-order valence-electron chi connectivity index (χ1n) is 9.22. The summed E-state index contributed by atoms with van der Waals surface area (Å²) in [6, 6.07) is 5.64. The van der Waals surface area contributed by atoms with E-state index in [2.05, 4.69) is 10.2 Å². The summed E-state index contributed by atoms with van der Waals surface area (Å²) in [6.07, 6.45) is 8.32. The highest BCUT2D eigenvalue weighted by Crippen LogP contribution is 2.28. The third kappa shape index (κ3) is 6.78. The average molecular weight is 346 g/mol. The molecule has 1 fully saturated rings. The molecule has 1 aromatic carbocycles. The minimum Gasteiger partial charge on any atom is -0.493 e. The second-order valence-corrected chi connectivity index (χ2v) is 6.22. The lowest BCUT2D eigenvalue weighted by Crippen LogP contribution is -2.33. The summed E-state index contributed by atoms with van der Waals surface area (Å²) in [5.41, 5.74) is 0.906. The summed E-state index contributed by atoms with van der Waals surface area (Å²) < 4.78 is 10.8. The molecule has 1 saturated heterocycles. The maximum absolute atomic E-state index is 11.9. The van der Waals surface area contributed by atoms with E-state index in [0.717, 1.165) is 18.5 Å². The van der Waals surface area contributed by atoms with Crippen LogP contribution in [0, 0.1) is 0 Å². The molecule has 0 spiro atoms. The van der Waals surface area contributed by atoms with Crippen LogP contribution in [0.2, 0.25) is 0 Å². The molecule has 5 nitrogen and oxygen atoms in total. The van der Waals surface area contributed by atoms with Crippen molar-refractivity contribution in [2.24, 2.45) is 0 Å². The molecule has 1 aliphatic rings. The van der Waals surface area contributed by atoms with Crippen LogP contribution in [0.5, 0.6) is 11.5 Å². The van der Waals surface area contributed by atoms with E-state index in [9.17, 15) is 4.79 Å². The number of ether oxygens (including phenoxy) is 2. The first-order chi connectivity index (χ1) is 12.2. The van der Waals surface area contributed by atoms with Gasteiger partial charge in [0.2, 0.25) is 5.91 Å². The molecule has 5 heteroatoms. The van der Waals surface area contributed by atoms with Crippen LogP contribution in [-0.4, -0.2) is 50.7 Å². The number of likely N-dealkylation sites (tertiary alicyclic amines) is 1. The van der Waals surface area contributed by atoms with Gasteiger partial charge in [0.05, 0.1) is 13.7 Å². The largest absolute Gasteiger partial charge is 0.493 e. The van der Waals surface area contributed by atoms with E-state index in [1.54, 1.807) is 19.3 Å². The number of piperidine rings is 1. The number of amides is 1. The van der Waals surface area contributed by atoms with Crippen LogP contribution in [-0.2, 0) is 4.79 Å². The maximum atomic E-state index is 11.9. The van der Waals surface area contributed by atoms with Crippen LogP contribution in [0.3, 0.4) is 0 Å². The van der Waals surface area contributed by atoms with Crippen molar-refractivity contribution >= 4 is 12.0 Å². The number of hydrogen-bond acceptors (Lipinski definition) is 4. The highest BCUT2D eigenvalue weighted by Gasteiger charge is 2.09. The Kier molecular flexibility index (Phi) is 8.32. The lowest BCUT2D eigenvalue weighted by molar-refractivity contribution is -0.116. The van der Waals surface area contributed by atoms with E-state index < -0.39 is 0 Å². The summed E-state index contributed by atoms with van der Waals surface area (Å²) in [6.45, 7) is 6.71. The summed E-state index contributed by atoms with van der Waals surface area (Å²) in [7, 11) is 1.61. The Bertz CT molecular complexity index is 566. The summed E-state index contributed by atoms with van der Waals surface area (Å²) in [4.78, 5) is 14.4. The maximum Gasteiger partial charge on any atom is 0.243 e. The third-order valence-electron chi connectivity index (χ3n) is 4.31. The Morgan fingerprint density at radius 2 is 2.04 bits per heavy atom. The molecule has 0 aromatic heterocycles. The SMILES string of the molecule is CCOc1ccc(/C=C/C(=O)NCCCN2CCCCC2)cc1OC. The number of rotatable bonds is 9. The number of methoxy groups -OCH3 is 1. The van der Waals surface area contributed by atoms with Gasteiger partial charge in [-0.05, 0) is 69.6 Å². The average Bonchev–Trinajstić information content (AvgIpc) is 2.65. The molecule has 0 atom stereocenters. The molecule has 1 heterocycles. The minimum atomic E-state index is -0.0634. The summed E-state index contributed by atoms with van der Waals surface area (Å²) in [5, 5.41) is 2.94. The smallest absolute Gasteiger partial charge is 0.243 e. The van der Waals surface area contributed by atoms with Crippen molar-refractivity contribution in [1.82, 2.24) is 10.2 Å². The molecule has 1 aliphatic heterocycles. The number of nitrogens with zero attached hydrogens (tertiary/aromatic N) is 1. The predicted molar refractivity (Wildman–Crippen MR) is 101 cm³/mol. The van der Waals surface area contributed by atoms with Crippen LogP contribution in [0.25, 0.3) is 6.08 Å². The highest BCUT2D eigenvalue weighted by molar-refractivity contribution is 5.91. The van der Waals surface area contributed by atoms with Crippen LogP contribution >= 0.6 is 0 Å². The quantitative estimate of drug-likeness (QED) is 0.551. The van der Waals surface area contributed by atoms with Gasteiger partial charge in [0, 0.05) is 12.6 Å². The van der Waals surface area contributed by atoms with Crippen LogP contribution in [0.4, 0.5) is 0 Å². The number of benzene rings is 1. The standard InChI is InChI=1S/C20H30N2O3/c1-3-25-18-10-8-17(16-19(18)24-2)9-11-20(23)21-12-7-15-22-13-5-4-6-14-22/h8-11,16H,3-7,12-15H2,1-2H3,(H,21,23)/b11-9+. The monoisotopic (exact) mass is 346 g/mol. The fourth-order valence-corrected chi connectivity index (χ4v) is 2.99. The molecule has 2 rings (SSSR count). The van der Waals surface area contributed by atoms with Gasteiger partial charge in [-0.3, -0.25) is 4.79 Å². The Morgan fingerprint density at radius 1 is 1.24 bits per heavy atom. The molecule has 0 bridgehead atoms. The van der Waals surface area contributed by atoms with Crippen molar-refractivity contribution in [1.29, 1.82) is 0 Å². The lowest BCUT2D eigenvalue weighted by atomic mass is 10.1. The molecular formula is C20H30N2O3. The summed E-state index contributed by atoms with van der Waals surface area (Å²) in [5.74, 6) is 1.32. The van der Waals surface area contributed by atoms with Gasteiger partial charge in [-0.25, -0.2) is 0 Å². The Hall–Kier alpha value is -2.01. The zero-order valence-corrected chi connectivity index (χ0v) is 15.4. The predicted octanol–water partition coefficient (Wildman–Crippen LogP) is 3.10. The van der Waals surface area contributed by atoms with Crippen molar-refractivity contribution < 1.29 is 14.3 Å². The van der Waals surface area contributed by atoms with Crippen molar-refractivity contribution in [3.63, 3.8) is 0 Å². The van der Waals surface area contributed by atoms with Gasteiger partial charge in [0.1, 0.15) is 0 Å². The molecule has 0 saturated carbocycles. The van der Waals surface area contributed by atoms with Crippen molar-refractivity contribution in [3.8, 4) is 11.5 Å². The van der Waals surface area contributed by atoms with E-state index in [4.69, 9.17) is 9.47 Å². The van der Waals surface area contributed by atoms with Crippen molar-refractivity contribution in [2.75, 3.05) is 39.9 Å². The molecule has 1 N–H and O–H groups in total. The van der Waals surface area contributed by atoms with Gasteiger partial charge < -0.3 is 19.7 Å². The highest BCUT2D eigenvalue weighted by atomic mass is 16.5. The molecule has 138 valence electrons. The fourth-order valence-electron chi connectivity index (χ4n) is 2.99. The molecule has 1 amide bonds. The second-order valence-electron chi connectivity index (χ2n) is 6.22. The Morgan fingerprint density at radius 3 is 2.76 bits per heavy atom. The van der Waals surface area contributed by atoms with E-state index in [1.807, 2.05) is 25.1 Å². The lowest BCUT2D eigenvalue weighted by Gasteiger charge is -2.26. The zero-order chi connectivity index (χ0) is 17.9. The van der Waals surface area contributed by atoms with E-state index >= 15 is 0 Å². The fraction of sp³-hybridized carbons (Fsp3) is 0.550. The second kappa shape index (κ2) is 10.8. The zero-order valence-electron chi connectivity index (χ0n) is 15.4. The number of carbonyl (C=O) groups is 1. The normalized spacial score (nSPS) is 15.3. The van der Waals surface area contributed by atoms with Gasteiger partial charge >= 0.3 is 0 Å². The molecule has 0 aliphatic carbocycles. The van der Waals surface area contributed by atoms with Crippen LogP contribution in [0.1, 0.15) is 38.2 Å².